The average Bonchev–Trinajstić information content (AvgIpc) is 2.35. The van der Waals surface area contributed by atoms with Crippen LogP contribution in [0.25, 0.3) is 0 Å². The average molecular weight is 294 g/mol. The minimum absolute atomic E-state index is 0.00444. The molecule has 1 saturated heterocycles. The molecule has 1 heterocycles. The quantitative estimate of drug-likeness (QED) is 0.685. The van der Waals surface area contributed by atoms with E-state index in [0.29, 0.717) is 24.3 Å². The van der Waals surface area contributed by atoms with Crippen LogP contribution < -0.4 is 4.90 Å². The van der Waals surface area contributed by atoms with Crippen molar-refractivity contribution < 1.29 is 14.8 Å². The number of aliphatic hydroxyl groups excluding tert-OH is 1. The van der Waals surface area contributed by atoms with Crippen molar-refractivity contribution in [1.29, 1.82) is 0 Å². The Balaban J connectivity index is 2.41. The second-order valence-electron chi connectivity index (χ2n) is 6.25. The summed E-state index contributed by atoms with van der Waals surface area (Å²) in [7, 11) is 0. The van der Waals surface area contributed by atoms with Crippen LogP contribution in [0.1, 0.15) is 39.4 Å². The molecular weight excluding hydrogens is 272 g/mol. The van der Waals surface area contributed by atoms with Crippen molar-refractivity contribution in [3.8, 4) is 0 Å². The lowest BCUT2D eigenvalue weighted by Gasteiger charge is -2.42. The third kappa shape index (κ3) is 3.51. The molecule has 1 N–H and O–H groups in total. The number of rotatable bonds is 3. The summed E-state index contributed by atoms with van der Waals surface area (Å²) in [6.45, 7) is 8.71. The van der Waals surface area contributed by atoms with Crippen LogP contribution in [0.3, 0.4) is 0 Å². The summed E-state index contributed by atoms with van der Waals surface area (Å²) >= 11 is 0. The van der Waals surface area contributed by atoms with E-state index in [1.807, 2.05) is 25.7 Å². The van der Waals surface area contributed by atoms with Gasteiger partial charge in [-0.15, -0.1) is 0 Å². The lowest BCUT2D eigenvalue weighted by Crippen LogP contribution is -2.52. The largest absolute Gasteiger partial charge is 0.389 e. The molecule has 1 aromatic rings. The van der Waals surface area contributed by atoms with Gasteiger partial charge in [0.25, 0.3) is 5.69 Å². The van der Waals surface area contributed by atoms with Crippen LogP contribution in [0.2, 0.25) is 0 Å². The molecule has 1 aromatic carbocycles. The predicted octanol–water partition coefficient (Wildman–Crippen LogP) is 2.65. The van der Waals surface area contributed by atoms with Crippen LogP contribution >= 0.6 is 0 Å². The van der Waals surface area contributed by atoms with Crippen molar-refractivity contribution >= 4 is 11.4 Å². The molecule has 0 amide bonds. The smallest absolute Gasteiger partial charge is 0.292 e. The minimum Gasteiger partial charge on any atom is -0.389 e. The van der Waals surface area contributed by atoms with Crippen molar-refractivity contribution in [3.05, 3.63) is 33.9 Å². The Morgan fingerprint density at radius 3 is 2.71 bits per heavy atom. The zero-order valence-corrected chi connectivity index (χ0v) is 12.9. The molecule has 0 aliphatic carbocycles. The van der Waals surface area contributed by atoms with Gasteiger partial charge < -0.3 is 14.7 Å². The van der Waals surface area contributed by atoms with Gasteiger partial charge in [0.2, 0.25) is 0 Å². The van der Waals surface area contributed by atoms with Gasteiger partial charge in [0.1, 0.15) is 5.69 Å². The standard InChI is InChI=1S/C15H22N2O4/c1-10-8-16(9-15(3,4)21-10)13-6-5-12(11(2)18)7-14(13)17(19)20/h5-7,10-11,18H,8-9H2,1-4H3/t10?,11-/m1/s1. The molecule has 21 heavy (non-hydrogen) atoms. The zero-order chi connectivity index (χ0) is 15.8. The number of hydrogen-bond acceptors (Lipinski definition) is 5. The highest BCUT2D eigenvalue weighted by Gasteiger charge is 2.34. The first-order chi connectivity index (χ1) is 9.69. The monoisotopic (exact) mass is 294 g/mol. The van der Waals surface area contributed by atoms with Gasteiger partial charge in [-0.1, -0.05) is 6.07 Å². The van der Waals surface area contributed by atoms with Crippen molar-refractivity contribution in [3.63, 3.8) is 0 Å². The summed E-state index contributed by atoms with van der Waals surface area (Å²) in [6.07, 6.45) is -0.720. The van der Waals surface area contributed by atoms with Crippen LogP contribution in [0.4, 0.5) is 11.4 Å². The van der Waals surface area contributed by atoms with Crippen molar-refractivity contribution in [1.82, 2.24) is 0 Å². The summed E-state index contributed by atoms with van der Waals surface area (Å²) in [4.78, 5) is 12.9. The molecule has 0 saturated carbocycles. The van der Waals surface area contributed by atoms with E-state index in [1.165, 1.54) is 6.07 Å². The number of anilines is 1. The summed E-state index contributed by atoms with van der Waals surface area (Å²) in [5.41, 5.74) is 0.797. The summed E-state index contributed by atoms with van der Waals surface area (Å²) < 4.78 is 5.84. The second-order valence-corrected chi connectivity index (χ2v) is 6.25. The molecule has 6 nitrogen and oxygen atoms in total. The van der Waals surface area contributed by atoms with Crippen LogP contribution in [0, 0.1) is 10.1 Å². The first kappa shape index (κ1) is 15.7. The Bertz CT molecular complexity index is 542. The summed E-state index contributed by atoms with van der Waals surface area (Å²) in [5.74, 6) is 0. The van der Waals surface area contributed by atoms with Gasteiger partial charge in [0.15, 0.2) is 0 Å². The van der Waals surface area contributed by atoms with Crippen molar-refractivity contribution in [2.24, 2.45) is 0 Å². The van der Waals surface area contributed by atoms with E-state index in [-0.39, 0.29) is 17.4 Å². The molecule has 0 radical (unpaired) electrons. The predicted molar refractivity (Wildman–Crippen MR) is 80.6 cm³/mol. The van der Waals surface area contributed by atoms with Gasteiger partial charge in [0, 0.05) is 19.2 Å². The Morgan fingerprint density at radius 2 is 2.19 bits per heavy atom. The molecule has 1 aliphatic heterocycles. The van der Waals surface area contributed by atoms with Gasteiger partial charge in [0.05, 0.1) is 22.7 Å². The molecule has 6 heteroatoms. The Kier molecular flexibility index (Phi) is 4.20. The normalized spacial score (nSPS) is 22.9. The highest BCUT2D eigenvalue weighted by Crippen LogP contribution is 2.34. The molecule has 0 aromatic heterocycles. The number of nitro benzene ring substituents is 1. The van der Waals surface area contributed by atoms with E-state index in [1.54, 1.807) is 19.1 Å². The first-order valence-corrected chi connectivity index (χ1v) is 7.09. The highest BCUT2D eigenvalue weighted by molar-refractivity contribution is 5.65. The van der Waals surface area contributed by atoms with Gasteiger partial charge in [-0.3, -0.25) is 10.1 Å². The van der Waals surface area contributed by atoms with Gasteiger partial charge in [-0.05, 0) is 39.3 Å². The molecule has 1 aliphatic rings. The molecule has 0 bridgehead atoms. The fourth-order valence-corrected chi connectivity index (χ4v) is 2.85. The summed E-state index contributed by atoms with van der Waals surface area (Å²) in [5, 5.41) is 20.9. The van der Waals surface area contributed by atoms with Gasteiger partial charge >= 0.3 is 0 Å². The highest BCUT2D eigenvalue weighted by atomic mass is 16.6. The van der Waals surface area contributed by atoms with E-state index in [4.69, 9.17) is 4.74 Å². The lowest BCUT2D eigenvalue weighted by molar-refractivity contribution is -0.384. The maximum atomic E-state index is 11.3. The summed E-state index contributed by atoms with van der Waals surface area (Å²) in [6, 6.07) is 4.90. The molecule has 1 fully saturated rings. The molecule has 2 rings (SSSR count). The molecule has 2 atom stereocenters. The van der Waals surface area contributed by atoms with Crippen molar-refractivity contribution in [2.45, 2.75) is 45.5 Å². The Hall–Kier alpha value is -1.66. The fourth-order valence-electron chi connectivity index (χ4n) is 2.85. The molecule has 116 valence electrons. The number of hydrogen-bond donors (Lipinski definition) is 1. The van der Waals surface area contributed by atoms with Crippen LogP contribution in [-0.4, -0.2) is 34.8 Å². The van der Waals surface area contributed by atoms with Crippen LogP contribution in [0.5, 0.6) is 0 Å². The van der Waals surface area contributed by atoms with Gasteiger partial charge in [-0.25, -0.2) is 0 Å². The Morgan fingerprint density at radius 1 is 1.52 bits per heavy atom. The van der Waals surface area contributed by atoms with E-state index >= 15 is 0 Å². The lowest BCUT2D eigenvalue weighted by atomic mass is 10.0. The van der Waals surface area contributed by atoms with E-state index in [9.17, 15) is 15.2 Å². The molecule has 0 spiro atoms. The molecular formula is C15H22N2O4. The van der Waals surface area contributed by atoms with Crippen LogP contribution in [-0.2, 0) is 4.74 Å². The fraction of sp³-hybridized carbons (Fsp3) is 0.600. The third-order valence-corrected chi connectivity index (χ3v) is 3.59. The minimum atomic E-state index is -0.724. The number of benzene rings is 1. The maximum Gasteiger partial charge on any atom is 0.292 e. The number of morpholine rings is 1. The zero-order valence-electron chi connectivity index (χ0n) is 12.9. The third-order valence-electron chi connectivity index (χ3n) is 3.59. The van der Waals surface area contributed by atoms with E-state index < -0.39 is 11.0 Å². The number of nitrogens with zero attached hydrogens (tertiary/aromatic N) is 2. The first-order valence-electron chi connectivity index (χ1n) is 7.09. The van der Waals surface area contributed by atoms with E-state index in [0.717, 1.165) is 0 Å². The number of ether oxygens (including phenoxy) is 1. The van der Waals surface area contributed by atoms with Crippen molar-refractivity contribution in [2.75, 3.05) is 18.0 Å². The maximum absolute atomic E-state index is 11.3. The topological polar surface area (TPSA) is 75.8 Å². The van der Waals surface area contributed by atoms with Crippen LogP contribution in [0.15, 0.2) is 18.2 Å². The SMILES string of the molecule is CC1CN(c2ccc([C@@H](C)O)cc2[N+](=O)[O-])CC(C)(C)O1. The number of nitro groups is 1. The van der Waals surface area contributed by atoms with E-state index in [2.05, 4.69) is 0 Å². The number of aliphatic hydroxyl groups is 1. The Labute approximate surface area is 124 Å². The second kappa shape index (κ2) is 5.61. The molecule has 1 unspecified atom stereocenters. The van der Waals surface area contributed by atoms with Gasteiger partial charge in [-0.2, -0.15) is 0 Å².